The molecule has 19 heavy (non-hydrogen) atoms. The fourth-order valence-electron chi connectivity index (χ4n) is 1.85. The average molecular weight is 285 g/mol. The molecule has 5 nitrogen and oxygen atoms in total. The number of rotatable bonds is 6. The van der Waals surface area contributed by atoms with Gasteiger partial charge in [0.2, 0.25) is 10.0 Å². The summed E-state index contributed by atoms with van der Waals surface area (Å²) in [4.78, 5) is 11.0. The molecule has 6 heteroatoms. The van der Waals surface area contributed by atoms with E-state index in [2.05, 4.69) is 0 Å². The van der Waals surface area contributed by atoms with Crippen molar-refractivity contribution < 1.29 is 18.3 Å². The van der Waals surface area contributed by atoms with E-state index >= 15 is 0 Å². The maximum absolute atomic E-state index is 12.5. The van der Waals surface area contributed by atoms with Crippen LogP contribution in [0.15, 0.2) is 23.1 Å². The predicted molar refractivity (Wildman–Crippen MR) is 72.9 cm³/mol. The minimum Gasteiger partial charge on any atom is -0.478 e. The van der Waals surface area contributed by atoms with Crippen molar-refractivity contribution in [1.29, 1.82) is 0 Å². The molecule has 0 amide bonds. The van der Waals surface area contributed by atoms with Crippen LogP contribution in [-0.4, -0.2) is 36.9 Å². The maximum Gasteiger partial charge on any atom is 0.335 e. The number of hydrogen-bond acceptors (Lipinski definition) is 3. The molecular formula is C13H19NO4S. The fraction of sp³-hybridized carbons (Fsp3) is 0.462. The Balaban J connectivity index is 3.34. The Morgan fingerprint density at radius 2 is 1.95 bits per heavy atom. The number of aryl methyl sites for hydroxylation is 1. The van der Waals surface area contributed by atoms with Gasteiger partial charge in [-0.15, -0.1) is 0 Å². The molecule has 0 saturated heterocycles. The molecule has 0 heterocycles. The van der Waals surface area contributed by atoms with Crippen molar-refractivity contribution in [2.45, 2.75) is 32.1 Å². The second-order valence-corrected chi connectivity index (χ2v) is 6.19. The highest BCUT2D eigenvalue weighted by Crippen LogP contribution is 2.21. The van der Waals surface area contributed by atoms with Crippen molar-refractivity contribution in [3.63, 3.8) is 0 Å². The van der Waals surface area contributed by atoms with Crippen molar-refractivity contribution in [3.05, 3.63) is 29.3 Å². The zero-order valence-corrected chi connectivity index (χ0v) is 12.2. The van der Waals surface area contributed by atoms with Crippen LogP contribution in [0, 0.1) is 6.92 Å². The summed E-state index contributed by atoms with van der Waals surface area (Å²) >= 11 is 0. The lowest BCUT2D eigenvalue weighted by atomic mass is 10.1. The van der Waals surface area contributed by atoms with Gasteiger partial charge in [0, 0.05) is 13.1 Å². The number of nitrogens with zero attached hydrogens (tertiary/aromatic N) is 1. The number of carbonyl (C=O) groups is 1. The molecule has 0 bridgehead atoms. The summed E-state index contributed by atoms with van der Waals surface area (Å²) < 4.78 is 26.3. The molecule has 0 atom stereocenters. The third kappa shape index (κ3) is 3.33. The molecular weight excluding hydrogens is 266 g/mol. The van der Waals surface area contributed by atoms with Gasteiger partial charge < -0.3 is 5.11 Å². The van der Waals surface area contributed by atoms with E-state index in [1.807, 2.05) is 6.92 Å². The van der Waals surface area contributed by atoms with Gasteiger partial charge in [-0.1, -0.05) is 19.9 Å². The van der Waals surface area contributed by atoms with E-state index in [4.69, 9.17) is 5.11 Å². The first-order valence-electron chi connectivity index (χ1n) is 6.18. The molecule has 0 fully saturated rings. The standard InChI is InChI=1S/C13H19NO4S/c1-4-8-14(5-2)19(17,18)12-9-11(13(15)16)7-6-10(12)3/h6-7,9H,4-5,8H2,1-3H3,(H,15,16). The van der Waals surface area contributed by atoms with Crippen LogP contribution in [0.1, 0.15) is 36.2 Å². The molecule has 0 spiro atoms. The van der Waals surface area contributed by atoms with E-state index in [-0.39, 0.29) is 10.5 Å². The highest BCUT2D eigenvalue weighted by atomic mass is 32.2. The van der Waals surface area contributed by atoms with E-state index in [0.29, 0.717) is 25.1 Å². The zero-order valence-electron chi connectivity index (χ0n) is 11.4. The molecule has 1 aromatic carbocycles. The van der Waals surface area contributed by atoms with Crippen LogP contribution in [-0.2, 0) is 10.0 Å². The SMILES string of the molecule is CCCN(CC)S(=O)(=O)c1cc(C(=O)O)ccc1C. The van der Waals surface area contributed by atoms with Gasteiger partial charge in [-0.05, 0) is 31.0 Å². The van der Waals surface area contributed by atoms with Gasteiger partial charge in [-0.2, -0.15) is 4.31 Å². The van der Waals surface area contributed by atoms with Gasteiger partial charge in [0.15, 0.2) is 0 Å². The van der Waals surface area contributed by atoms with Crippen molar-refractivity contribution in [1.82, 2.24) is 4.31 Å². The van der Waals surface area contributed by atoms with E-state index in [9.17, 15) is 13.2 Å². The van der Waals surface area contributed by atoms with Gasteiger partial charge in [-0.3, -0.25) is 0 Å². The minimum atomic E-state index is -3.63. The number of benzene rings is 1. The lowest BCUT2D eigenvalue weighted by molar-refractivity contribution is 0.0696. The summed E-state index contributed by atoms with van der Waals surface area (Å²) in [6.07, 6.45) is 0.713. The highest BCUT2D eigenvalue weighted by Gasteiger charge is 2.25. The molecule has 0 saturated carbocycles. The number of carboxylic acid groups (broad SMARTS) is 1. The lowest BCUT2D eigenvalue weighted by Crippen LogP contribution is -2.32. The van der Waals surface area contributed by atoms with Crippen molar-refractivity contribution in [2.75, 3.05) is 13.1 Å². The van der Waals surface area contributed by atoms with Crippen molar-refractivity contribution in [3.8, 4) is 0 Å². The van der Waals surface area contributed by atoms with Gasteiger partial charge >= 0.3 is 5.97 Å². The topological polar surface area (TPSA) is 74.7 Å². The predicted octanol–water partition coefficient (Wildman–Crippen LogP) is 2.11. The summed E-state index contributed by atoms with van der Waals surface area (Å²) in [7, 11) is -3.63. The zero-order chi connectivity index (χ0) is 14.6. The van der Waals surface area contributed by atoms with E-state index in [1.54, 1.807) is 13.8 Å². The molecule has 0 aliphatic heterocycles. The normalized spacial score (nSPS) is 11.8. The average Bonchev–Trinajstić information content (AvgIpc) is 2.35. The summed E-state index contributed by atoms with van der Waals surface area (Å²) in [5, 5.41) is 8.96. The van der Waals surface area contributed by atoms with Crippen LogP contribution in [0.2, 0.25) is 0 Å². The summed E-state index contributed by atoms with van der Waals surface area (Å²) in [6, 6.07) is 4.16. The molecule has 0 aliphatic rings. The summed E-state index contributed by atoms with van der Waals surface area (Å²) in [6.45, 7) is 6.13. The first kappa shape index (κ1) is 15.7. The maximum atomic E-state index is 12.5. The van der Waals surface area contributed by atoms with Crippen molar-refractivity contribution in [2.24, 2.45) is 0 Å². The second kappa shape index (κ2) is 6.16. The first-order valence-corrected chi connectivity index (χ1v) is 7.62. The summed E-state index contributed by atoms with van der Waals surface area (Å²) in [5.74, 6) is -1.13. The number of carboxylic acids is 1. The third-order valence-corrected chi connectivity index (χ3v) is 4.99. The quantitative estimate of drug-likeness (QED) is 0.868. The molecule has 0 aromatic heterocycles. The molecule has 0 aliphatic carbocycles. The Morgan fingerprint density at radius 3 is 2.42 bits per heavy atom. The van der Waals surface area contributed by atoms with Gasteiger partial charge in [-0.25, -0.2) is 13.2 Å². The van der Waals surface area contributed by atoms with Crippen LogP contribution in [0.3, 0.4) is 0 Å². The second-order valence-electron chi connectivity index (χ2n) is 4.28. The Hall–Kier alpha value is -1.40. The van der Waals surface area contributed by atoms with E-state index in [0.717, 1.165) is 0 Å². The van der Waals surface area contributed by atoms with Crippen LogP contribution in [0.4, 0.5) is 0 Å². The van der Waals surface area contributed by atoms with Gasteiger partial charge in [0.1, 0.15) is 0 Å². The van der Waals surface area contributed by atoms with Gasteiger partial charge in [0.05, 0.1) is 10.5 Å². The molecule has 1 aromatic rings. The highest BCUT2D eigenvalue weighted by molar-refractivity contribution is 7.89. The fourth-order valence-corrected chi connectivity index (χ4v) is 3.64. The third-order valence-electron chi connectivity index (χ3n) is 2.88. The Morgan fingerprint density at radius 1 is 1.32 bits per heavy atom. The number of hydrogen-bond donors (Lipinski definition) is 1. The number of aromatic carboxylic acids is 1. The van der Waals surface area contributed by atoms with E-state index in [1.165, 1.54) is 22.5 Å². The smallest absolute Gasteiger partial charge is 0.335 e. The van der Waals surface area contributed by atoms with Crippen LogP contribution in [0.25, 0.3) is 0 Å². The Bertz CT molecular complexity index is 566. The summed E-state index contributed by atoms with van der Waals surface area (Å²) in [5.41, 5.74) is 0.538. The largest absolute Gasteiger partial charge is 0.478 e. The first-order chi connectivity index (χ1) is 8.84. The van der Waals surface area contributed by atoms with Crippen molar-refractivity contribution >= 4 is 16.0 Å². The molecule has 1 N–H and O–H groups in total. The molecule has 1 rings (SSSR count). The molecule has 0 radical (unpaired) electrons. The van der Waals surface area contributed by atoms with Crippen LogP contribution in [0.5, 0.6) is 0 Å². The lowest BCUT2D eigenvalue weighted by Gasteiger charge is -2.21. The Labute approximate surface area is 113 Å². The molecule has 106 valence electrons. The van der Waals surface area contributed by atoms with Gasteiger partial charge in [0.25, 0.3) is 0 Å². The minimum absolute atomic E-state index is 0.0169. The Kier molecular flexibility index (Phi) is 5.08. The van der Waals surface area contributed by atoms with E-state index < -0.39 is 16.0 Å². The monoisotopic (exact) mass is 285 g/mol. The molecule has 0 unspecified atom stereocenters. The van der Waals surface area contributed by atoms with Crippen LogP contribution < -0.4 is 0 Å². The van der Waals surface area contributed by atoms with Crippen LogP contribution >= 0.6 is 0 Å². The number of sulfonamides is 1.